The molecular weight excluding hydrogens is 300 g/mol. The monoisotopic (exact) mass is 314 g/mol. The number of benzene rings is 1. The molecule has 1 saturated heterocycles. The number of hydrogen-bond acceptors (Lipinski definition) is 4. The number of rotatable bonds is 4. The molecule has 0 radical (unpaired) electrons. The van der Waals surface area contributed by atoms with Gasteiger partial charge >= 0.3 is 0 Å². The van der Waals surface area contributed by atoms with Gasteiger partial charge in [0.1, 0.15) is 18.5 Å². The summed E-state index contributed by atoms with van der Waals surface area (Å²) in [6.45, 7) is 4.67. The van der Waals surface area contributed by atoms with E-state index in [9.17, 15) is 4.79 Å². The molecule has 2 rings (SSSR count). The van der Waals surface area contributed by atoms with E-state index in [-0.39, 0.29) is 6.10 Å². The molecule has 0 amide bonds. The Balaban J connectivity index is 1.93. The van der Waals surface area contributed by atoms with Gasteiger partial charge in [-0.1, -0.05) is 15.9 Å². The Morgan fingerprint density at radius 3 is 2.94 bits per heavy atom. The Kier molecular flexibility index (Phi) is 4.04. The van der Waals surface area contributed by atoms with Crippen LogP contribution < -0.4 is 4.74 Å². The van der Waals surface area contributed by atoms with Crippen LogP contribution in [0.25, 0.3) is 0 Å². The van der Waals surface area contributed by atoms with Crippen molar-refractivity contribution in [1.82, 2.24) is 0 Å². The number of carbonyl (C=O) groups excluding carboxylic acids is 1. The summed E-state index contributed by atoms with van der Waals surface area (Å²) in [7, 11) is 0. The van der Waals surface area contributed by atoms with Crippen LogP contribution in [-0.4, -0.2) is 31.4 Å². The smallest absolute Gasteiger partial charge is 0.163 e. The van der Waals surface area contributed by atoms with Crippen molar-refractivity contribution >= 4 is 22.2 Å². The van der Waals surface area contributed by atoms with Crippen molar-refractivity contribution in [3.63, 3.8) is 0 Å². The van der Waals surface area contributed by atoms with Gasteiger partial charge in [0, 0.05) is 10.0 Å². The third kappa shape index (κ3) is 3.31. The molecule has 4 nitrogen and oxygen atoms in total. The highest BCUT2D eigenvalue weighted by molar-refractivity contribution is 9.10. The van der Waals surface area contributed by atoms with E-state index < -0.39 is 5.79 Å². The van der Waals surface area contributed by atoms with Crippen LogP contribution in [0.3, 0.4) is 0 Å². The minimum Gasteiger partial charge on any atom is -0.491 e. The van der Waals surface area contributed by atoms with Gasteiger partial charge in [0.15, 0.2) is 12.1 Å². The maximum atomic E-state index is 10.8. The number of ether oxygens (including phenoxy) is 3. The molecule has 0 aliphatic carbocycles. The summed E-state index contributed by atoms with van der Waals surface area (Å²) in [6.07, 6.45) is 0.707. The molecule has 1 aromatic carbocycles. The average Bonchev–Trinajstić information content (AvgIpc) is 2.68. The third-order valence-electron chi connectivity index (χ3n) is 2.60. The lowest BCUT2D eigenvalue weighted by molar-refractivity contribution is -0.141. The van der Waals surface area contributed by atoms with Crippen molar-refractivity contribution < 1.29 is 19.0 Å². The lowest BCUT2D eigenvalue weighted by Gasteiger charge is -2.17. The van der Waals surface area contributed by atoms with Gasteiger partial charge in [0.05, 0.1) is 6.61 Å². The predicted molar refractivity (Wildman–Crippen MR) is 69.9 cm³/mol. The SMILES string of the molecule is CC1(C)OCC(COc2ccc(Br)c(C=O)c2)O1. The lowest BCUT2D eigenvalue weighted by Crippen LogP contribution is -2.25. The van der Waals surface area contributed by atoms with Gasteiger partial charge in [-0.2, -0.15) is 0 Å². The Labute approximate surface area is 114 Å². The summed E-state index contributed by atoms with van der Waals surface area (Å²) >= 11 is 3.29. The van der Waals surface area contributed by atoms with Gasteiger partial charge < -0.3 is 14.2 Å². The van der Waals surface area contributed by atoms with Crippen molar-refractivity contribution in [2.75, 3.05) is 13.2 Å². The van der Waals surface area contributed by atoms with Gasteiger partial charge in [0.2, 0.25) is 0 Å². The minimum absolute atomic E-state index is 0.0803. The fraction of sp³-hybridized carbons (Fsp3) is 0.462. The molecule has 1 atom stereocenters. The molecule has 1 heterocycles. The molecule has 18 heavy (non-hydrogen) atoms. The second kappa shape index (κ2) is 5.38. The highest BCUT2D eigenvalue weighted by atomic mass is 79.9. The number of hydrogen-bond donors (Lipinski definition) is 0. The van der Waals surface area contributed by atoms with E-state index in [1.54, 1.807) is 18.2 Å². The first-order chi connectivity index (χ1) is 8.50. The van der Waals surface area contributed by atoms with E-state index in [4.69, 9.17) is 14.2 Å². The molecule has 5 heteroatoms. The fourth-order valence-corrected chi connectivity index (χ4v) is 2.08. The highest BCUT2D eigenvalue weighted by Crippen LogP contribution is 2.24. The zero-order valence-corrected chi connectivity index (χ0v) is 11.9. The predicted octanol–water partition coefficient (Wildman–Crippen LogP) is 2.79. The fourth-order valence-electron chi connectivity index (χ4n) is 1.74. The molecule has 1 unspecified atom stereocenters. The second-order valence-electron chi connectivity index (χ2n) is 4.56. The zero-order chi connectivity index (χ0) is 13.2. The molecule has 0 aromatic heterocycles. The van der Waals surface area contributed by atoms with Gasteiger partial charge in [-0.25, -0.2) is 0 Å². The zero-order valence-electron chi connectivity index (χ0n) is 10.3. The molecule has 0 bridgehead atoms. The van der Waals surface area contributed by atoms with Crippen LogP contribution in [0, 0.1) is 0 Å². The first kappa shape index (κ1) is 13.5. The maximum absolute atomic E-state index is 10.8. The van der Waals surface area contributed by atoms with Crippen LogP contribution in [0.4, 0.5) is 0 Å². The number of aldehydes is 1. The lowest BCUT2D eigenvalue weighted by atomic mass is 10.2. The van der Waals surface area contributed by atoms with Crippen LogP contribution in [0.15, 0.2) is 22.7 Å². The average molecular weight is 315 g/mol. The summed E-state index contributed by atoms with van der Waals surface area (Å²) in [5.41, 5.74) is 0.566. The van der Waals surface area contributed by atoms with E-state index in [2.05, 4.69) is 15.9 Å². The first-order valence-electron chi connectivity index (χ1n) is 5.69. The summed E-state index contributed by atoms with van der Waals surface area (Å²) in [6, 6.07) is 5.28. The van der Waals surface area contributed by atoms with Crippen molar-refractivity contribution in [1.29, 1.82) is 0 Å². The van der Waals surface area contributed by atoms with E-state index in [0.717, 1.165) is 10.8 Å². The maximum Gasteiger partial charge on any atom is 0.163 e. The summed E-state index contributed by atoms with van der Waals surface area (Å²) in [5.74, 6) is 0.107. The van der Waals surface area contributed by atoms with Gasteiger partial charge in [-0.05, 0) is 32.0 Å². The quantitative estimate of drug-likeness (QED) is 0.802. The topological polar surface area (TPSA) is 44.8 Å². The van der Waals surface area contributed by atoms with Crippen molar-refractivity contribution in [2.45, 2.75) is 25.7 Å². The minimum atomic E-state index is -0.540. The molecule has 1 aliphatic rings. The van der Waals surface area contributed by atoms with Gasteiger partial charge in [-0.15, -0.1) is 0 Å². The standard InChI is InChI=1S/C13H15BrO4/c1-13(2)17-8-11(18-13)7-16-10-3-4-12(14)9(5-10)6-15/h3-6,11H,7-8H2,1-2H3. The van der Waals surface area contributed by atoms with Gasteiger partial charge in [0.25, 0.3) is 0 Å². The van der Waals surface area contributed by atoms with E-state index in [0.29, 0.717) is 24.5 Å². The molecular formula is C13H15BrO4. The Morgan fingerprint density at radius 1 is 1.56 bits per heavy atom. The first-order valence-corrected chi connectivity index (χ1v) is 6.49. The molecule has 1 aromatic rings. The molecule has 1 fully saturated rings. The normalized spacial score (nSPS) is 21.8. The van der Waals surface area contributed by atoms with Gasteiger partial charge in [-0.3, -0.25) is 4.79 Å². The number of carbonyl (C=O) groups is 1. The van der Waals surface area contributed by atoms with Crippen molar-refractivity contribution in [3.8, 4) is 5.75 Å². The Bertz CT molecular complexity index is 445. The Morgan fingerprint density at radius 2 is 2.33 bits per heavy atom. The van der Waals surface area contributed by atoms with E-state index in [1.807, 2.05) is 13.8 Å². The molecule has 0 spiro atoms. The van der Waals surface area contributed by atoms with Crippen molar-refractivity contribution in [2.24, 2.45) is 0 Å². The molecule has 1 aliphatic heterocycles. The summed E-state index contributed by atoms with van der Waals surface area (Å²) in [4.78, 5) is 10.8. The van der Waals surface area contributed by atoms with Crippen LogP contribution in [-0.2, 0) is 9.47 Å². The largest absolute Gasteiger partial charge is 0.491 e. The van der Waals surface area contributed by atoms with Crippen molar-refractivity contribution in [3.05, 3.63) is 28.2 Å². The number of halogens is 1. The third-order valence-corrected chi connectivity index (χ3v) is 3.32. The summed E-state index contributed by atoms with van der Waals surface area (Å²) < 4.78 is 17.4. The molecule has 98 valence electrons. The van der Waals surface area contributed by atoms with E-state index in [1.165, 1.54) is 0 Å². The van der Waals surface area contributed by atoms with Crippen LogP contribution in [0.2, 0.25) is 0 Å². The highest BCUT2D eigenvalue weighted by Gasteiger charge is 2.32. The van der Waals surface area contributed by atoms with Crippen LogP contribution >= 0.6 is 15.9 Å². The van der Waals surface area contributed by atoms with Crippen LogP contribution in [0.5, 0.6) is 5.75 Å². The molecule has 0 N–H and O–H groups in total. The Hall–Kier alpha value is -0.910. The molecule has 0 saturated carbocycles. The second-order valence-corrected chi connectivity index (χ2v) is 5.42. The summed E-state index contributed by atoms with van der Waals surface area (Å²) in [5, 5.41) is 0. The van der Waals surface area contributed by atoms with E-state index >= 15 is 0 Å². The van der Waals surface area contributed by atoms with Crippen LogP contribution in [0.1, 0.15) is 24.2 Å².